The van der Waals surface area contributed by atoms with E-state index in [-0.39, 0.29) is 0 Å². The van der Waals surface area contributed by atoms with Crippen LogP contribution in [0.2, 0.25) is 0 Å². The van der Waals surface area contributed by atoms with Gasteiger partial charge in [0.1, 0.15) is 18.8 Å². The minimum atomic E-state index is 0.643. The van der Waals surface area contributed by atoms with Gasteiger partial charge in [0, 0.05) is 6.20 Å². The molecule has 0 aliphatic rings. The molecule has 124 valence electrons. The van der Waals surface area contributed by atoms with E-state index in [0.717, 1.165) is 17.9 Å². The molecule has 3 heterocycles. The number of hydrogen-bond donors (Lipinski definition) is 0. The molecule has 0 fully saturated rings. The van der Waals surface area contributed by atoms with Crippen LogP contribution in [0.5, 0.6) is 0 Å². The first kappa shape index (κ1) is 15.3. The maximum Gasteiger partial charge on any atom is 0.204 e. The minimum absolute atomic E-state index is 0.643. The summed E-state index contributed by atoms with van der Waals surface area (Å²) < 4.78 is 5.81. The molecule has 0 radical (unpaired) electrons. The molecule has 4 aromatic rings. The van der Waals surface area contributed by atoms with Crippen LogP contribution in [0.3, 0.4) is 0 Å². The van der Waals surface area contributed by atoms with Gasteiger partial charge < -0.3 is 9.13 Å². The molecule has 0 N–H and O–H groups in total. The maximum atomic E-state index is 4.33. The van der Waals surface area contributed by atoms with Crippen molar-refractivity contribution in [2.45, 2.75) is 19.6 Å². The largest absolute Gasteiger partial charge is 0.346 e. The fraction of sp³-hybridized carbons (Fsp3) is 0.158. The molecule has 3 aromatic heterocycles. The molecular weight excluding hydrogens is 312 g/mol. The van der Waals surface area contributed by atoms with Crippen molar-refractivity contribution >= 4 is 0 Å². The van der Waals surface area contributed by atoms with Crippen molar-refractivity contribution in [2.75, 3.05) is 0 Å². The SMILES string of the molecule is [c-]1n(Cc2ccccn2)cc[n+]1Cc1cn(Cc2ccccc2)nn1. The molecule has 0 amide bonds. The fourth-order valence-corrected chi connectivity index (χ4v) is 2.67. The number of rotatable bonds is 6. The highest BCUT2D eigenvalue weighted by molar-refractivity contribution is 5.14. The van der Waals surface area contributed by atoms with Gasteiger partial charge in [0.2, 0.25) is 6.33 Å². The average Bonchev–Trinajstić information content (AvgIpc) is 3.27. The summed E-state index contributed by atoms with van der Waals surface area (Å²) in [5.41, 5.74) is 3.13. The van der Waals surface area contributed by atoms with Crippen molar-refractivity contribution in [1.29, 1.82) is 0 Å². The zero-order chi connectivity index (χ0) is 16.9. The maximum absolute atomic E-state index is 4.33. The van der Waals surface area contributed by atoms with Crippen LogP contribution in [0.15, 0.2) is 73.3 Å². The second kappa shape index (κ2) is 7.09. The Kier molecular flexibility index (Phi) is 4.33. The second-order valence-electron chi connectivity index (χ2n) is 5.87. The van der Waals surface area contributed by atoms with Crippen LogP contribution in [-0.4, -0.2) is 24.5 Å². The van der Waals surface area contributed by atoms with E-state index in [1.54, 1.807) is 6.20 Å². The molecule has 0 bridgehead atoms. The molecule has 6 heteroatoms. The van der Waals surface area contributed by atoms with Gasteiger partial charge >= 0.3 is 0 Å². The van der Waals surface area contributed by atoms with Gasteiger partial charge in [-0.25, -0.2) is 4.68 Å². The van der Waals surface area contributed by atoms with Gasteiger partial charge in [-0.2, -0.15) is 0 Å². The topological polar surface area (TPSA) is 52.4 Å². The quantitative estimate of drug-likeness (QED) is 0.399. The lowest BCUT2D eigenvalue weighted by Gasteiger charge is -2.00. The van der Waals surface area contributed by atoms with Crippen molar-refractivity contribution in [1.82, 2.24) is 24.5 Å². The van der Waals surface area contributed by atoms with Crippen LogP contribution in [0.4, 0.5) is 0 Å². The van der Waals surface area contributed by atoms with Gasteiger partial charge in [0.25, 0.3) is 0 Å². The normalized spacial score (nSPS) is 10.9. The molecule has 25 heavy (non-hydrogen) atoms. The fourth-order valence-electron chi connectivity index (χ4n) is 2.67. The standard InChI is InChI=1S/C19H18N6/c1-2-6-17(7-3-1)12-25-15-19(21-22-25)14-24-11-10-23(16-24)13-18-8-4-5-9-20-18/h1-11,15H,12-14H2. The number of nitrogens with zero attached hydrogens (tertiary/aromatic N) is 6. The highest BCUT2D eigenvalue weighted by Crippen LogP contribution is 2.02. The zero-order valence-corrected chi connectivity index (χ0v) is 13.7. The molecule has 4 rings (SSSR count). The third-order valence-corrected chi connectivity index (χ3v) is 3.85. The van der Waals surface area contributed by atoms with Crippen molar-refractivity contribution in [2.24, 2.45) is 0 Å². The number of hydrogen-bond acceptors (Lipinski definition) is 3. The van der Waals surface area contributed by atoms with Gasteiger partial charge in [0.05, 0.1) is 18.4 Å². The number of pyridine rings is 1. The minimum Gasteiger partial charge on any atom is -0.346 e. The van der Waals surface area contributed by atoms with E-state index in [2.05, 4.69) is 33.8 Å². The summed E-state index contributed by atoms with van der Waals surface area (Å²) in [6.07, 6.45) is 11.0. The van der Waals surface area contributed by atoms with Crippen molar-refractivity contribution in [3.05, 3.63) is 96.6 Å². The Morgan fingerprint density at radius 3 is 2.68 bits per heavy atom. The van der Waals surface area contributed by atoms with E-state index in [4.69, 9.17) is 0 Å². The Hall–Kier alpha value is -3.28. The summed E-state index contributed by atoms with van der Waals surface area (Å²) in [6, 6.07) is 16.2. The van der Waals surface area contributed by atoms with Gasteiger partial charge in [-0.3, -0.25) is 4.98 Å². The monoisotopic (exact) mass is 330 g/mol. The third kappa shape index (κ3) is 3.98. The molecule has 1 aromatic carbocycles. The predicted octanol–water partition coefficient (Wildman–Crippen LogP) is 1.71. The van der Waals surface area contributed by atoms with Crippen LogP contribution in [0, 0.1) is 6.33 Å². The van der Waals surface area contributed by atoms with Gasteiger partial charge in [-0.15, -0.1) is 5.10 Å². The van der Waals surface area contributed by atoms with E-state index in [0.29, 0.717) is 13.1 Å². The Balaban J connectivity index is 1.39. The summed E-state index contributed by atoms with van der Waals surface area (Å²) in [4.78, 5) is 4.33. The molecule has 0 aliphatic carbocycles. The average molecular weight is 330 g/mol. The highest BCUT2D eigenvalue weighted by Gasteiger charge is 2.05. The smallest absolute Gasteiger partial charge is 0.204 e. The Morgan fingerprint density at radius 2 is 1.84 bits per heavy atom. The van der Waals surface area contributed by atoms with Crippen molar-refractivity contribution in [3.8, 4) is 0 Å². The lowest BCUT2D eigenvalue weighted by molar-refractivity contribution is -0.692. The Morgan fingerprint density at radius 1 is 0.960 bits per heavy atom. The summed E-state index contributed by atoms with van der Waals surface area (Å²) in [7, 11) is 0. The van der Waals surface area contributed by atoms with Gasteiger partial charge in [-0.1, -0.05) is 41.6 Å². The molecule has 6 nitrogen and oxygen atoms in total. The third-order valence-electron chi connectivity index (χ3n) is 3.85. The lowest BCUT2D eigenvalue weighted by atomic mass is 10.2. The van der Waals surface area contributed by atoms with E-state index in [1.165, 1.54) is 5.56 Å². The van der Waals surface area contributed by atoms with Crippen molar-refractivity contribution in [3.63, 3.8) is 0 Å². The first-order valence-corrected chi connectivity index (χ1v) is 8.16. The molecule has 0 atom stereocenters. The Labute approximate surface area is 146 Å². The van der Waals surface area contributed by atoms with Crippen LogP contribution in [0.1, 0.15) is 17.0 Å². The first-order chi connectivity index (χ1) is 12.3. The van der Waals surface area contributed by atoms with E-state index >= 15 is 0 Å². The summed E-state index contributed by atoms with van der Waals surface area (Å²) in [5, 5.41) is 8.46. The number of aromatic nitrogens is 6. The van der Waals surface area contributed by atoms with Crippen LogP contribution in [0.25, 0.3) is 0 Å². The lowest BCUT2D eigenvalue weighted by Crippen LogP contribution is -2.32. The van der Waals surface area contributed by atoms with Crippen LogP contribution < -0.4 is 4.57 Å². The molecule has 0 saturated heterocycles. The molecule has 0 saturated carbocycles. The number of imidazole rings is 1. The Bertz CT molecular complexity index is 849. The first-order valence-electron chi connectivity index (χ1n) is 8.16. The second-order valence-corrected chi connectivity index (χ2v) is 5.87. The van der Waals surface area contributed by atoms with Crippen LogP contribution in [-0.2, 0) is 19.6 Å². The van der Waals surface area contributed by atoms with E-state index in [1.807, 2.05) is 68.8 Å². The molecule has 0 aliphatic heterocycles. The summed E-state index contributed by atoms with van der Waals surface area (Å²) in [6.45, 7) is 2.07. The van der Waals surface area contributed by atoms with E-state index < -0.39 is 0 Å². The van der Waals surface area contributed by atoms with Crippen molar-refractivity contribution < 1.29 is 4.57 Å². The van der Waals surface area contributed by atoms with E-state index in [9.17, 15) is 0 Å². The summed E-state index contributed by atoms with van der Waals surface area (Å²) >= 11 is 0. The summed E-state index contributed by atoms with van der Waals surface area (Å²) in [5.74, 6) is 0. The highest BCUT2D eigenvalue weighted by atomic mass is 15.4. The van der Waals surface area contributed by atoms with Gasteiger partial charge in [0.15, 0.2) is 0 Å². The van der Waals surface area contributed by atoms with Gasteiger partial charge in [-0.05, 0) is 30.1 Å². The zero-order valence-electron chi connectivity index (χ0n) is 13.7. The number of benzene rings is 1. The molecule has 0 unspecified atom stereocenters. The molecule has 0 spiro atoms. The van der Waals surface area contributed by atoms with Crippen LogP contribution >= 0.6 is 0 Å². The predicted molar refractivity (Wildman–Crippen MR) is 91.5 cm³/mol. The molecular formula is C19H18N6.